The highest BCUT2D eigenvalue weighted by Crippen LogP contribution is 2.38. The summed E-state index contributed by atoms with van der Waals surface area (Å²) in [4.78, 5) is 31.3. The molecule has 1 unspecified atom stereocenters. The largest absolute Gasteiger partial charge is 0.352 e. The van der Waals surface area contributed by atoms with Gasteiger partial charge in [-0.3, -0.25) is 14.5 Å². The summed E-state index contributed by atoms with van der Waals surface area (Å²) in [6.07, 6.45) is 17.3. The predicted octanol–water partition coefficient (Wildman–Crippen LogP) is 3.19. The normalized spacial score (nSPS) is 34.5. The van der Waals surface area contributed by atoms with Gasteiger partial charge >= 0.3 is 0 Å². The third-order valence-electron chi connectivity index (χ3n) is 8.88. The van der Waals surface area contributed by atoms with Crippen LogP contribution in [0.4, 0.5) is 0 Å². The summed E-state index contributed by atoms with van der Waals surface area (Å²) in [6, 6.07) is 1.38. The second-order valence-electron chi connectivity index (χ2n) is 11.6. The topological polar surface area (TPSA) is 78.7 Å². The molecule has 0 bridgehead atoms. The lowest BCUT2D eigenvalue weighted by Gasteiger charge is -2.44. The summed E-state index contributed by atoms with van der Waals surface area (Å²) >= 11 is 0. The Morgan fingerprint density at radius 2 is 1.56 bits per heavy atom. The van der Waals surface area contributed by atoms with E-state index in [9.17, 15) is 9.59 Å². The van der Waals surface area contributed by atoms with Crippen molar-refractivity contribution in [3.05, 3.63) is 0 Å². The van der Waals surface area contributed by atoms with Crippen molar-refractivity contribution in [2.24, 2.45) is 17.6 Å². The van der Waals surface area contributed by atoms with Crippen molar-refractivity contribution in [2.75, 3.05) is 13.1 Å². The molecule has 0 radical (unpaired) electrons. The van der Waals surface area contributed by atoms with Gasteiger partial charge in [-0.1, -0.05) is 19.3 Å². The van der Waals surface area contributed by atoms with Crippen molar-refractivity contribution in [1.82, 2.24) is 15.1 Å². The maximum absolute atomic E-state index is 13.5. The molecule has 3 N–H and O–H groups in total. The summed E-state index contributed by atoms with van der Waals surface area (Å²) < 4.78 is 0. The molecule has 0 spiro atoms. The van der Waals surface area contributed by atoms with Crippen molar-refractivity contribution >= 4 is 11.8 Å². The second-order valence-corrected chi connectivity index (χ2v) is 11.6. The number of piperidine rings is 1. The number of carbonyl (C=O) groups is 2. The van der Waals surface area contributed by atoms with Crippen LogP contribution in [0, 0.1) is 11.8 Å². The van der Waals surface area contributed by atoms with Gasteiger partial charge in [0.15, 0.2) is 0 Å². The van der Waals surface area contributed by atoms with Crippen LogP contribution in [0.25, 0.3) is 0 Å². The number of rotatable bonds is 7. The first kappa shape index (κ1) is 22.6. The number of nitrogens with one attached hydrogen (secondary N) is 1. The minimum Gasteiger partial charge on any atom is -0.352 e. The molecule has 5 fully saturated rings. The molecule has 6 nitrogen and oxygen atoms in total. The number of amides is 2. The van der Waals surface area contributed by atoms with Crippen LogP contribution in [0.2, 0.25) is 0 Å². The van der Waals surface area contributed by atoms with Crippen LogP contribution in [0.3, 0.4) is 0 Å². The van der Waals surface area contributed by atoms with Gasteiger partial charge in [0.1, 0.15) is 6.04 Å². The number of carbonyl (C=O) groups excluding carboxylic acids is 2. The fraction of sp³-hybridized carbons (Fsp3) is 0.923. The van der Waals surface area contributed by atoms with Crippen molar-refractivity contribution in [2.45, 2.75) is 127 Å². The molecule has 0 aromatic heterocycles. The first-order chi connectivity index (χ1) is 15.6. The first-order valence-corrected chi connectivity index (χ1v) is 13.7. The average Bonchev–Trinajstić information content (AvgIpc) is 3.72. The number of hydrogen-bond acceptors (Lipinski definition) is 4. The lowest BCUT2D eigenvalue weighted by atomic mass is 9.87. The Balaban J connectivity index is 1.26. The Labute approximate surface area is 194 Å². The maximum Gasteiger partial charge on any atom is 0.243 e. The zero-order valence-corrected chi connectivity index (χ0v) is 19.9. The standard InChI is InChI=1S/C26H44N4O2/c27-20-8-10-21(11-9-20)28-25(31)24-16-23(14-15-29(24)26(32)19-6-7-19)30(22-12-13-22)17-18-4-2-1-3-5-18/h18-24H,1-17,27H2,(H,28,31)/t20?,21?,23?,24-/m1/s1. The monoisotopic (exact) mass is 444 g/mol. The highest BCUT2D eigenvalue weighted by Gasteiger charge is 2.45. The molecule has 1 saturated heterocycles. The number of likely N-dealkylation sites (tertiary alicyclic amines) is 1. The molecule has 5 rings (SSSR count). The molecule has 2 amide bonds. The molecule has 1 aliphatic heterocycles. The molecule has 1 heterocycles. The Morgan fingerprint density at radius 1 is 0.844 bits per heavy atom. The lowest BCUT2D eigenvalue weighted by Crippen LogP contribution is -2.59. The van der Waals surface area contributed by atoms with E-state index in [2.05, 4.69) is 10.2 Å². The van der Waals surface area contributed by atoms with Crippen LogP contribution in [0.1, 0.15) is 96.3 Å². The molecular formula is C26H44N4O2. The van der Waals surface area contributed by atoms with E-state index in [1.165, 1.54) is 51.5 Å². The first-order valence-electron chi connectivity index (χ1n) is 13.7. The fourth-order valence-electron chi connectivity index (χ4n) is 6.56. The van der Waals surface area contributed by atoms with Crippen LogP contribution in [-0.4, -0.2) is 64.9 Å². The van der Waals surface area contributed by atoms with Crippen molar-refractivity contribution in [3.63, 3.8) is 0 Å². The molecule has 5 aliphatic rings. The highest BCUT2D eigenvalue weighted by atomic mass is 16.2. The van der Waals surface area contributed by atoms with E-state index in [4.69, 9.17) is 5.73 Å². The van der Waals surface area contributed by atoms with Crippen LogP contribution in [0.15, 0.2) is 0 Å². The van der Waals surface area contributed by atoms with Crippen molar-refractivity contribution in [1.29, 1.82) is 0 Å². The quantitative estimate of drug-likeness (QED) is 0.632. The van der Waals surface area contributed by atoms with E-state index in [1.54, 1.807) is 0 Å². The minimum absolute atomic E-state index is 0.0950. The van der Waals surface area contributed by atoms with E-state index in [0.717, 1.165) is 69.9 Å². The number of nitrogens with two attached hydrogens (primary N) is 1. The summed E-state index contributed by atoms with van der Waals surface area (Å²) in [5.41, 5.74) is 6.06. The lowest BCUT2D eigenvalue weighted by molar-refractivity contribution is -0.145. The van der Waals surface area contributed by atoms with Crippen LogP contribution >= 0.6 is 0 Å². The molecule has 32 heavy (non-hydrogen) atoms. The minimum atomic E-state index is -0.287. The van der Waals surface area contributed by atoms with Crippen LogP contribution < -0.4 is 11.1 Å². The Bertz CT molecular complexity index is 663. The van der Waals surface area contributed by atoms with E-state index >= 15 is 0 Å². The Morgan fingerprint density at radius 3 is 2.22 bits per heavy atom. The summed E-state index contributed by atoms with van der Waals surface area (Å²) in [7, 11) is 0. The van der Waals surface area contributed by atoms with Gasteiger partial charge in [0.2, 0.25) is 11.8 Å². The van der Waals surface area contributed by atoms with E-state index in [-0.39, 0.29) is 35.9 Å². The smallest absolute Gasteiger partial charge is 0.243 e. The molecule has 4 aliphatic carbocycles. The zero-order valence-electron chi connectivity index (χ0n) is 19.9. The highest BCUT2D eigenvalue weighted by molar-refractivity contribution is 5.89. The van der Waals surface area contributed by atoms with E-state index < -0.39 is 0 Å². The Hall–Kier alpha value is -1.14. The van der Waals surface area contributed by atoms with Gasteiger partial charge in [-0.2, -0.15) is 0 Å². The van der Waals surface area contributed by atoms with Gasteiger partial charge in [0.25, 0.3) is 0 Å². The fourth-order valence-corrected chi connectivity index (χ4v) is 6.56. The third kappa shape index (κ3) is 5.49. The van der Waals surface area contributed by atoms with Crippen molar-refractivity contribution < 1.29 is 9.59 Å². The molecule has 6 heteroatoms. The number of nitrogens with zero attached hydrogens (tertiary/aromatic N) is 2. The van der Waals surface area contributed by atoms with Crippen LogP contribution in [0.5, 0.6) is 0 Å². The molecule has 2 atom stereocenters. The van der Waals surface area contributed by atoms with Gasteiger partial charge in [-0.25, -0.2) is 0 Å². The molecular weight excluding hydrogens is 400 g/mol. The summed E-state index contributed by atoms with van der Waals surface area (Å²) in [5, 5.41) is 3.33. The van der Waals surface area contributed by atoms with Gasteiger partial charge in [-0.15, -0.1) is 0 Å². The molecule has 4 saturated carbocycles. The van der Waals surface area contributed by atoms with E-state index in [1.807, 2.05) is 4.90 Å². The SMILES string of the molecule is NC1CCC(NC(=O)[C@H]2CC(N(CC3CCCCC3)C3CC3)CCN2C(=O)C2CC2)CC1. The third-order valence-corrected chi connectivity index (χ3v) is 8.88. The average molecular weight is 445 g/mol. The van der Waals surface area contributed by atoms with Crippen LogP contribution in [-0.2, 0) is 9.59 Å². The van der Waals surface area contributed by atoms with E-state index in [0.29, 0.717) is 6.04 Å². The second kappa shape index (κ2) is 10.0. The van der Waals surface area contributed by atoms with Crippen molar-refractivity contribution in [3.8, 4) is 0 Å². The molecule has 180 valence electrons. The zero-order chi connectivity index (χ0) is 22.1. The maximum atomic E-state index is 13.5. The van der Waals surface area contributed by atoms with Gasteiger partial charge in [0.05, 0.1) is 0 Å². The van der Waals surface area contributed by atoms with Gasteiger partial charge in [-0.05, 0) is 83.0 Å². The Kier molecular flexibility index (Phi) is 7.08. The molecule has 0 aromatic rings. The summed E-state index contributed by atoms with van der Waals surface area (Å²) in [5.74, 6) is 1.34. The van der Waals surface area contributed by atoms with Gasteiger partial charge < -0.3 is 16.0 Å². The number of hydrogen-bond donors (Lipinski definition) is 2. The molecule has 0 aromatic carbocycles. The van der Waals surface area contributed by atoms with Gasteiger partial charge in [0, 0.05) is 43.2 Å². The predicted molar refractivity (Wildman–Crippen MR) is 126 cm³/mol. The summed E-state index contributed by atoms with van der Waals surface area (Å²) in [6.45, 7) is 1.96.